The van der Waals surface area contributed by atoms with Crippen LogP contribution in [0, 0.1) is 6.92 Å². The first-order valence-electron chi connectivity index (χ1n) is 7.32. The SMILES string of the molecule is Cc1ccccc1CN(C)C(=O)COC(=O)c1cc(Br)ccc1O. The smallest absolute Gasteiger partial charge is 0.342 e. The number of phenols is 1. The lowest BCUT2D eigenvalue weighted by atomic mass is 10.1. The van der Waals surface area contributed by atoms with Crippen LogP contribution < -0.4 is 0 Å². The number of nitrogens with zero attached hydrogens (tertiary/aromatic N) is 1. The number of halogens is 1. The van der Waals surface area contributed by atoms with Gasteiger partial charge in [-0.05, 0) is 36.2 Å². The van der Waals surface area contributed by atoms with Gasteiger partial charge >= 0.3 is 5.97 Å². The van der Waals surface area contributed by atoms with Crippen molar-refractivity contribution in [3.8, 4) is 5.75 Å². The molecule has 1 amide bonds. The third-order valence-electron chi connectivity index (χ3n) is 3.60. The van der Waals surface area contributed by atoms with E-state index in [4.69, 9.17) is 4.74 Å². The highest BCUT2D eigenvalue weighted by Gasteiger charge is 2.17. The number of amides is 1. The van der Waals surface area contributed by atoms with Gasteiger partial charge in [0.15, 0.2) is 6.61 Å². The van der Waals surface area contributed by atoms with Gasteiger partial charge in [0.2, 0.25) is 0 Å². The van der Waals surface area contributed by atoms with E-state index in [9.17, 15) is 14.7 Å². The van der Waals surface area contributed by atoms with Crippen LogP contribution in [-0.2, 0) is 16.1 Å². The number of carbonyl (C=O) groups excluding carboxylic acids is 2. The Balaban J connectivity index is 1.93. The molecule has 0 aliphatic heterocycles. The van der Waals surface area contributed by atoms with Gasteiger partial charge < -0.3 is 14.7 Å². The van der Waals surface area contributed by atoms with Crippen LogP contribution in [0.3, 0.4) is 0 Å². The average molecular weight is 392 g/mol. The van der Waals surface area contributed by atoms with Gasteiger partial charge in [-0.25, -0.2) is 4.79 Å². The van der Waals surface area contributed by atoms with E-state index in [2.05, 4.69) is 15.9 Å². The van der Waals surface area contributed by atoms with Gasteiger partial charge in [-0.3, -0.25) is 4.79 Å². The lowest BCUT2D eigenvalue weighted by molar-refractivity contribution is -0.133. The van der Waals surface area contributed by atoms with Gasteiger partial charge in [0, 0.05) is 18.1 Å². The van der Waals surface area contributed by atoms with Crippen LogP contribution in [0.2, 0.25) is 0 Å². The second kappa shape index (κ2) is 7.97. The molecule has 2 aromatic rings. The van der Waals surface area contributed by atoms with Gasteiger partial charge in [0.1, 0.15) is 11.3 Å². The highest BCUT2D eigenvalue weighted by atomic mass is 79.9. The minimum absolute atomic E-state index is 0.0127. The topological polar surface area (TPSA) is 66.8 Å². The van der Waals surface area contributed by atoms with Gasteiger partial charge in [-0.1, -0.05) is 40.2 Å². The van der Waals surface area contributed by atoms with Crippen LogP contribution >= 0.6 is 15.9 Å². The summed E-state index contributed by atoms with van der Waals surface area (Å²) in [5.74, 6) is -1.25. The van der Waals surface area contributed by atoms with Crippen LogP contribution in [0.1, 0.15) is 21.5 Å². The summed E-state index contributed by atoms with van der Waals surface area (Å²) in [4.78, 5) is 25.6. The highest BCUT2D eigenvalue weighted by Crippen LogP contribution is 2.22. The molecule has 0 aliphatic carbocycles. The Morgan fingerprint density at radius 2 is 1.92 bits per heavy atom. The predicted octanol–water partition coefficient (Wildman–Crippen LogP) is 3.28. The molecular formula is C18H18BrNO4. The summed E-state index contributed by atoms with van der Waals surface area (Å²) < 4.78 is 5.64. The lowest BCUT2D eigenvalue weighted by Crippen LogP contribution is -2.31. The molecule has 0 heterocycles. The first kappa shape index (κ1) is 18.0. The number of phenolic OH excluding ortho intramolecular Hbond substituents is 1. The first-order chi connectivity index (χ1) is 11.4. The predicted molar refractivity (Wildman–Crippen MR) is 93.7 cm³/mol. The van der Waals surface area contributed by atoms with Gasteiger partial charge in [-0.15, -0.1) is 0 Å². The fourth-order valence-corrected chi connectivity index (χ4v) is 2.48. The Kier molecular flexibility index (Phi) is 5.98. The Hall–Kier alpha value is -2.34. The number of likely N-dealkylation sites (N-methyl/N-ethyl adjacent to an activating group) is 1. The molecule has 0 spiro atoms. The number of hydrogen-bond acceptors (Lipinski definition) is 4. The minimum Gasteiger partial charge on any atom is -0.507 e. The number of benzene rings is 2. The molecule has 5 nitrogen and oxygen atoms in total. The second-order valence-electron chi connectivity index (χ2n) is 5.41. The van der Waals surface area contributed by atoms with Crippen LogP contribution in [-0.4, -0.2) is 35.5 Å². The molecule has 6 heteroatoms. The van der Waals surface area contributed by atoms with Crippen LogP contribution in [0.15, 0.2) is 46.9 Å². The number of carbonyl (C=O) groups is 2. The molecule has 24 heavy (non-hydrogen) atoms. The van der Waals surface area contributed by atoms with E-state index in [1.807, 2.05) is 31.2 Å². The molecule has 2 aromatic carbocycles. The summed E-state index contributed by atoms with van der Waals surface area (Å²) >= 11 is 3.22. The summed E-state index contributed by atoms with van der Waals surface area (Å²) in [6.07, 6.45) is 0. The maximum Gasteiger partial charge on any atom is 0.342 e. The van der Waals surface area contributed by atoms with Crippen molar-refractivity contribution in [2.45, 2.75) is 13.5 Å². The number of rotatable bonds is 5. The van der Waals surface area contributed by atoms with Crippen molar-refractivity contribution in [1.29, 1.82) is 0 Å². The molecule has 0 fully saturated rings. The van der Waals surface area contributed by atoms with E-state index in [-0.39, 0.29) is 23.8 Å². The van der Waals surface area contributed by atoms with Crippen molar-refractivity contribution >= 4 is 27.8 Å². The molecule has 126 valence electrons. The van der Waals surface area contributed by atoms with E-state index in [1.165, 1.54) is 17.0 Å². The summed E-state index contributed by atoms with van der Waals surface area (Å²) in [6, 6.07) is 12.2. The molecule has 2 rings (SSSR count). The number of aryl methyl sites for hydroxylation is 1. The standard InChI is InChI=1S/C18H18BrNO4/c1-12-5-3-4-6-13(12)10-20(2)17(22)11-24-18(23)15-9-14(19)7-8-16(15)21/h3-9,21H,10-11H2,1-2H3. The zero-order valence-electron chi connectivity index (χ0n) is 13.5. The molecule has 0 aromatic heterocycles. The third kappa shape index (κ3) is 4.58. The average Bonchev–Trinajstić information content (AvgIpc) is 2.56. The molecular weight excluding hydrogens is 374 g/mol. The molecule has 0 radical (unpaired) electrons. The molecule has 1 N–H and O–H groups in total. The minimum atomic E-state index is -0.744. The molecule has 0 unspecified atom stereocenters. The normalized spacial score (nSPS) is 10.3. The van der Waals surface area contributed by atoms with Gasteiger partial charge in [0.05, 0.1) is 0 Å². The number of esters is 1. The highest BCUT2D eigenvalue weighted by molar-refractivity contribution is 9.10. The van der Waals surface area contributed by atoms with Crippen LogP contribution in [0.4, 0.5) is 0 Å². The maximum atomic E-state index is 12.1. The zero-order chi connectivity index (χ0) is 17.7. The molecule has 0 bridgehead atoms. The summed E-state index contributed by atoms with van der Waals surface area (Å²) in [7, 11) is 1.65. The molecule has 0 atom stereocenters. The number of aromatic hydroxyl groups is 1. The van der Waals surface area contributed by atoms with E-state index < -0.39 is 5.97 Å². The fraction of sp³-hybridized carbons (Fsp3) is 0.222. The summed E-state index contributed by atoms with van der Waals surface area (Å²) in [5.41, 5.74) is 2.14. The lowest BCUT2D eigenvalue weighted by Gasteiger charge is -2.18. The van der Waals surface area contributed by atoms with Crippen molar-refractivity contribution in [3.05, 3.63) is 63.6 Å². The van der Waals surface area contributed by atoms with Gasteiger partial charge in [-0.2, -0.15) is 0 Å². The zero-order valence-corrected chi connectivity index (χ0v) is 15.0. The molecule has 0 saturated carbocycles. The largest absolute Gasteiger partial charge is 0.507 e. The van der Waals surface area contributed by atoms with Crippen LogP contribution in [0.5, 0.6) is 5.75 Å². The number of ether oxygens (including phenoxy) is 1. The third-order valence-corrected chi connectivity index (χ3v) is 4.09. The molecule has 0 saturated heterocycles. The van der Waals surface area contributed by atoms with Crippen molar-refractivity contribution < 1.29 is 19.4 Å². The quantitative estimate of drug-likeness (QED) is 0.794. The summed E-state index contributed by atoms with van der Waals surface area (Å²) in [5, 5.41) is 9.69. The Bertz CT molecular complexity index is 760. The second-order valence-corrected chi connectivity index (χ2v) is 6.33. The Labute approximate surface area is 149 Å². The number of hydrogen-bond donors (Lipinski definition) is 1. The summed E-state index contributed by atoms with van der Waals surface area (Å²) in [6.45, 7) is 2.03. The van der Waals surface area contributed by atoms with Crippen LogP contribution in [0.25, 0.3) is 0 Å². The Morgan fingerprint density at radius 1 is 1.21 bits per heavy atom. The van der Waals surface area contributed by atoms with E-state index >= 15 is 0 Å². The van der Waals surface area contributed by atoms with E-state index in [0.29, 0.717) is 11.0 Å². The Morgan fingerprint density at radius 3 is 2.62 bits per heavy atom. The molecule has 0 aliphatic rings. The van der Waals surface area contributed by atoms with Crippen molar-refractivity contribution in [1.82, 2.24) is 4.90 Å². The monoisotopic (exact) mass is 391 g/mol. The van der Waals surface area contributed by atoms with Gasteiger partial charge in [0.25, 0.3) is 5.91 Å². The van der Waals surface area contributed by atoms with Crippen molar-refractivity contribution in [3.63, 3.8) is 0 Å². The van der Waals surface area contributed by atoms with Crippen molar-refractivity contribution in [2.24, 2.45) is 0 Å². The maximum absolute atomic E-state index is 12.1. The van der Waals surface area contributed by atoms with E-state index in [1.54, 1.807) is 13.1 Å². The fourth-order valence-electron chi connectivity index (χ4n) is 2.12. The first-order valence-corrected chi connectivity index (χ1v) is 8.12. The van der Waals surface area contributed by atoms with Crippen molar-refractivity contribution in [2.75, 3.05) is 13.7 Å². The van der Waals surface area contributed by atoms with E-state index in [0.717, 1.165) is 11.1 Å².